The molecular weight excluding hydrogens is 480 g/mol. The molecular formula is C30H42N4O4. The van der Waals surface area contributed by atoms with Crippen LogP contribution in [0.3, 0.4) is 0 Å². The first kappa shape index (κ1) is 29.3. The third kappa shape index (κ3) is 8.39. The van der Waals surface area contributed by atoms with E-state index >= 15 is 0 Å². The lowest BCUT2D eigenvalue weighted by Crippen LogP contribution is -2.54. The summed E-state index contributed by atoms with van der Waals surface area (Å²) < 4.78 is 0. The van der Waals surface area contributed by atoms with Gasteiger partial charge in [0.25, 0.3) is 11.8 Å². The van der Waals surface area contributed by atoms with E-state index in [1.165, 1.54) is 0 Å². The normalized spacial score (nSPS) is 15.5. The molecule has 2 aromatic carbocycles. The fraction of sp³-hybridized carbons (Fsp3) is 0.500. The van der Waals surface area contributed by atoms with Crippen molar-refractivity contribution < 1.29 is 19.5 Å². The highest BCUT2D eigenvalue weighted by molar-refractivity contribution is 5.99. The Morgan fingerprint density at radius 3 is 2.16 bits per heavy atom. The van der Waals surface area contributed by atoms with Gasteiger partial charge in [0.15, 0.2) is 0 Å². The number of hydrogen-bond acceptors (Lipinski definition) is 5. The standard InChI is InChI=1S/C30H42N4O4/c1-4-14-34(15-5-2)30(38)26-13-9-12-25(21-26)29(37)31-27(20-24-10-7-6-8-11-24)28(36)22-32-16-18-33(19-17-32)23(3)35/h6-13,21,27-28,36H,4-5,14-20,22H2,1-3H3,(H,31,37)/t27-,28+/m0/s1. The van der Waals surface area contributed by atoms with Crippen LogP contribution >= 0.6 is 0 Å². The van der Waals surface area contributed by atoms with Gasteiger partial charge < -0.3 is 20.2 Å². The van der Waals surface area contributed by atoms with Crippen LogP contribution in [0.15, 0.2) is 54.6 Å². The van der Waals surface area contributed by atoms with Crippen LogP contribution in [0, 0.1) is 0 Å². The zero-order chi connectivity index (χ0) is 27.5. The minimum absolute atomic E-state index is 0.0626. The van der Waals surface area contributed by atoms with Gasteiger partial charge in [0.1, 0.15) is 0 Å². The minimum Gasteiger partial charge on any atom is -0.390 e. The second-order valence-electron chi connectivity index (χ2n) is 10.0. The van der Waals surface area contributed by atoms with Gasteiger partial charge in [-0.1, -0.05) is 50.2 Å². The van der Waals surface area contributed by atoms with Gasteiger partial charge in [0.2, 0.25) is 5.91 Å². The summed E-state index contributed by atoms with van der Waals surface area (Å²) in [5, 5.41) is 14.3. The first-order valence-electron chi connectivity index (χ1n) is 13.7. The summed E-state index contributed by atoms with van der Waals surface area (Å²) in [4.78, 5) is 43.8. The van der Waals surface area contributed by atoms with Crippen molar-refractivity contribution in [1.29, 1.82) is 0 Å². The number of β-amino-alcohol motifs (C(OH)–C–C–N with tert-alkyl or cyclic N) is 1. The van der Waals surface area contributed by atoms with E-state index in [-0.39, 0.29) is 17.7 Å². The molecule has 8 heteroatoms. The van der Waals surface area contributed by atoms with Crippen molar-refractivity contribution in [1.82, 2.24) is 20.0 Å². The number of amides is 3. The number of carbonyl (C=O) groups excluding carboxylic acids is 3. The number of nitrogens with one attached hydrogen (secondary N) is 1. The van der Waals surface area contributed by atoms with Crippen LogP contribution in [0.5, 0.6) is 0 Å². The summed E-state index contributed by atoms with van der Waals surface area (Å²) in [6.45, 7) is 10.0. The van der Waals surface area contributed by atoms with Crippen molar-refractivity contribution in [2.75, 3.05) is 45.8 Å². The lowest BCUT2D eigenvalue weighted by Gasteiger charge is -2.36. The summed E-state index contributed by atoms with van der Waals surface area (Å²) in [7, 11) is 0. The quantitative estimate of drug-likeness (QED) is 0.447. The van der Waals surface area contributed by atoms with Crippen molar-refractivity contribution in [2.24, 2.45) is 0 Å². The van der Waals surface area contributed by atoms with Crippen LogP contribution in [0.2, 0.25) is 0 Å². The Kier molecular flexibility index (Phi) is 11.3. The molecule has 1 heterocycles. The highest BCUT2D eigenvalue weighted by atomic mass is 16.3. The van der Waals surface area contributed by atoms with Gasteiger partial charge >= 0.3 is 0 Å². The van der Waals surface area contributed by atoms with Gasteiger partial charge in [-0.05, 0) is 43.0 Å². The van der Waals surface area contributed by atoms with Gasteiger partial charge in [-0.15, -0.1) is 0 Å². The van der Waals surface area contributed by atoms with E-state index in [0.29, 0.717) is 63.4 Å². The molecule has 2 N–H and O–H groups in total. The molecule has 0 spiro atoms. The molecule has 2 aromatic rings. The average molecular weight is 523 g/mol. The highest BCUT2D eigenvalue weighted by Gasteiger charge is 2.27. The molecule has 2 atom stereocenters. The van der Waals surface area contributed by atoms with Crippen LogP contribution < -0.4 is 5.32 Å². The molecule has 0 saturated carbocycles. The molecule has 0 radical (unpaired) electrons. The van der Waals surface area contributed by atoms with Gasteiger partial charge in [-0.3, -0.25) is 19.3 Å². The molecule has 38 heavy (non-hydrogen) atoms. The molecule has 0 aliphatic carbocycles. The van der Waals surface area contributed by atoms with E-state index in [4.69, 9.17) is 0 Å². The molecule has 0 aromatic heterocycles. The number of carbonyl (C=O) groups is 3. The smallest absolute Gasteiger partial charge is 0.253 e. The lowest BCUT2D eigenvalue weighted by atomic mass is 9.99. The van der Waals surface area contributed by atoms with Gasteiger partial charge in [-0.25, -0.2) is 0 Å². The van der Waals surface area contributed by atoms with Crippen LogP contribution in [0.1, 0.15) is 59.9 Å². The number of piperazine rings is 1. The Bertz CT molecular complexity index is 1050. The van der Waals surface area contributed by atoms with Gasteiger partial charge in [-0.2, -0.15) is 0 Å². The molecule has 1 aliphatic heterocycles. The molecule has 8 nitrogen and oxygen atoms in total. The maximum absolute atomic E-state index is 13.4. The fourth-order valence-corrected chi connectivity index (χ4v) is 4.87. The third-order valence-corrected chi connectivity index (χ3v) is 6.99. The second kappa shape index (κ2) is 14.6. The topological polar surface area (TPSA) is 93.2 Å². The van der Waals surface area contributed by atoms with Crippen LogP contribution in [-0.4, -0.2) is 95.5 Å². The molecule has 206 valence electrons. The Morgan fingerprint density at radius 2 is 1.55 bits per heavy atom. The summed E-state index contributed by atoms with van der Waals surface area (Å²) in [5.74, 6) is -0.333. The van der Waals surface area contributed by atoms with E-state index in [9.17, 15) is 19.5 Å². The maximum atomic E-state index is 13.4. The number of aliphatic hydroxyl groups excluding tert-OH is 1. The largest absolute Gasteiger partial charge is 0.390 e. The number of nitrogens with zero attached hydrogens (tertiary/aromatic N) is 3. The van der Waals surface area contributed by atoms with E-state index in [0.717, 1.165) is 18.4 Å². The van der Waals surface area contributed by atoms with E-state index in [2.05, 4.69) is 10.2 Å². The van der Waals surface area contributed by atoms with Crippen molar-refractivity contribution in [3.05, 3.63) is 71.3 Å². The van der Waals surface area contributed by atoms with Gasteiger partial charge in [0.05, 0.1) is 12.1 Å². The number of benzene rings is 2. The zero-order valence-corrected chi connectivity index (χ0v) is 22.9. The number of rotatable bonds is 12. The average Bonchev–Trinajstić information content (AvgIpc) is 2.93. The first-order chi connectivity index (χ1) is 18.3. The second-order valence-corrected chi connectivity index (χ2v) is 10.0. The molecule has 1 saturated heterocycles. The van der Waals surface area contributed by atoms with Crippen LogP contribution in [0.4, 0.5) is 0 Å². The van der Waals surface area contributed by atoms with Crippen LogP contribution in [0.25, 0.3) is 0 Å². The zero-order valence-electron chi connectivity index (χ0n) is 22.9. The SMILES string of the molecule is CCCN(CCC)C(=O)c1cccc(C(=O)N[C@@H](Cc2ccccc2)[C@H](O)CN2CCN(C(C)=O)CC2)c1. The Morgan fingerprint density at radius 1 is 0.921 bits per heavy atom. The predicted octanol–water partition coefficient (Wildman–Crippen LogP) is 2.81. The van der Waals surface area contributed by atoms with Crippen molar-refractivity contribution >= 4 is 17.7 Å². The Balaban J connectivity index is 1.72. The molecule has 0 bridgehead atoms. The Hall–Kier alpha value is -3.23. The maximum Gasteiger partial charge on any atom is 0.253 e. The number of hydrogen-bond donors (Lipinski definition) is 2. The minimum atomic E-state index is -0.808. The predicted molar refractivity (Wildman–Crippen MR) is 149 cm³/mol. The van der Waals surface area contributed by atoms with Gasteiger partial charge in [0, 0.05) is 63.9 Å². The lowest BCUT2D eigenvalue weighted by molar-refractivity contribution is -0.130. The molecule has 3 amide bonds. The molecule has 0 unspecified atom stereocenters. The van der Waals surface area contributed by atoms with E-state index in [1.807, 2.05) is 54.0 Å². The summed E-state index contributed by atoms with van der Waals surface area (Å²) in [5.41, 5.74) is 1.89. The number of aliphatic hydroxyl groups is 1. The van der Waals surface area contributed by atoms with Crippen molar-refractivity contribution in [2.45, 2.75) is 52.2 Å². The fourth-order valence-electron chi connectivity index (χ4n) is 4.87. The molecule has 3 rings (SSSR count). The highest BCUT2D eigenvalue weighted by Crippen LogP contribution is 2.14. The van der Waals surface area contributed by atoms with Crippen LogP contribution in [-0.2, 0) is 11.2 Å². The third-order valence-electron chi connectivity index (χ3n) is 6.99. The van der Waals surface area contributed by atoms with Crippen molar-refractivity contribution in [3.63, 3.8) is 0 Å². The molecule has 1 aliphatic rings. The van der Waals surface area contributed by atoms with E-state index < -0.39 is 12.1 Å². The summed E-state index contributed by atoms with van der Waals surface area (Å²) in [6.07, 6.45) is 1.40. The first-order valence-corrected chi connectivity index (χ1v) is 13.7. The summed E-state index contributed by atoms with van der Waals surface area (Å²) >= 11 is 0. The summed E-state index contributed by atoms with van der Waals surface area (Å²) in [6, 6.07) is 16.1. The van der Waals surface area contributed by atoms with E-state index in [1.54, 1.807) is 31.2 Å². The van der Waals surface area contributed by atoms with Crippen molar-refractivity contribution in [3.8, 4) is 0 Å². The Labute approximate surface area is 226 Å². The molecule has 1 fully saturated rings. The monoisotopic (exact) mass is 522 g/mol.